The van der Waals surface area contributed by atoms with Crippen LogP contribution in [-0.4, -0.2) is 13.2 Å². The molecule has 1 aromatic rings. The summed E-state index contributed by atoms with van der Waals surface area (Å²) < 4.78 is 5.33. The zero-order valence-electron chi connectivity index (χ0n) is 9.73. The molecule has 0 heterocycles. The van der Waals surface area contributed by atoms with E-state index < -0.39 is 0 Å². The average Bonchev–Trinajstić information content (AvgIpc) is 2.13. The predicted octanol–water partition coefficient (Wildman–Crippen LogP) is 2.86. The molecule has 3 heteroatoms. The van der Waals surface area contributed by atoms with Crippen molar-refractivity contribution in [1.82, 2.24) is 0 Å². The first-order chi connectivity index (χ1) is 6.97. The highest BCUT2D eigenvalue weighted by Gasteiger charge is 2.14. The Morgan fingerprint density at radius 1 is 1.47 bits per heavy atom. The lowest BCUT2D eigenvalue weighted by Gasteiger charge is -2.17. The molecule has 0 spiro atoms. The number of hydrogen-bond donors (Lipinski definition) is 1. The van der Waals surface area contributed by atoms with Crippen LogP contribution in [0.4, 0.5) is 0 Å². The average molecular weight is 228 g/mol. The van der Waals surface area contributed by atoms with Crippen LogP contribution in [0.2, 0.25) is 5.02 Å². The summed E-state index contributed by atoms with van der Waals surface area (Å²) in [4.78, 5) is 0. The summed E-state index contributed by atoms with van der Waals surface area (Å²) in [6.07, 6.45) is 0.788. The molecule has 0 fully saturated rings. The fraction of sp³-hybridized carbons (Fsp3) is 0.500. The fourth-order valence-corrected chi connectivity index (χ4v) is 2.06. The van der Waals surface area contributed by atoms with E-state index in [0.29, 0.717) is 5.02 Å². The van der Waals surface area contributed by atoms with Crippen molar-refractivity contribution < 1.29 is 4.74 Å². The Morgan fingerprint density at radius 2 is 2.07 bits per heavy atom. The third kappa shape index (κ3) is 2.64. The fourth-order valence-electron chi connectivity index (χ4n) is 1.70. The second-order valence-electron chi connectivity index (χ2n) is 3.99. The highest BCUT2D eigenvalue weighted by atomic mass is 35.5. The Kier molecular flexibility index (Phi) is 4.00. The maximum Gasteiger partial charge on any atom is 0.140 e. The van der Waals surface area contributed by atoms with E-state index in [0.717, 1.165) is 17.7 Å². The van der Waals surface area contributed by atoms with Crippen LogP contribution < -0.4 is 10.5 Å². The van der Waals surface area contributed by atoms with Gasteiger partial charge in [0.1, 0.15) is 5.75 Å². The van der Waals surface area contributed by atoms with Crippen molar-refractivity contribution in [3.05, 3.63) is 27.8 Å². The van der Waals surface area contributed by atoms with Gasteiger partial charge in [0.05, 0.1) is 12.1 Å². The van der Waals surface area contributed by atoms with E-state index in [1.807, 2.05) is 19.9 Å². The molecule has 0 amide bonds. The molecule has 2 N–H and O–H groups in total. The van der Waals surface area contributed by atoms with Gasteiger partial charge in [-0.1, -0.05) is 11.6 Å². The monoisotopic (exact) mass is 227 g/mol. The van der Waals surface area contributed by atoms with E-state index in [1.165, 1.54) is 11.1 Å². The molecule has 2 nitrogen and oxygen atoms in total. The second-order valence-corrected chi connectivity index (χ2v) is 4.40. The first-order valence-corrected chi connectivity index (χ1v) is 5.43. The number of halogens is 1. The summed E-state index contributed by atoms with van der Waals surface area (Å²) in [5.41, 5.74) is 9.33. The van der Waals surface area contributed by atoms with Gasteiger partial charge in [0.15, 0.2) is 0 Å². The Morgan fingerprint density at radius 3 is 2.53 bits per heavy atom. The van der Waals surface area contributed by atoms with Gasteiger partial charge >= 0.3 is 0 Å². The van der Waals surface area contributed by atoms with E-state index in [-0.39, 0.29) is 6.04 Å². The van der Waals surface area contributed by atoms with Crippen molar-refractivity contribution in [1.29, 1.82) is 0 Å². The van der Waals surface area contributed by atoms with Crippen LogP contribution in [0, 0.1) is 13.8 Å². The Hall–Kier alpha value is -0.730. The summed E-state index contributed by atoms with van der Waals surface area (Å²) in [7, 11) is 1.64. The minimum absolute atomic E-state index is 0.107. The van der Waals surface area contributed by atoms with Crippen LogP contribution in [0.5, 0.6) is 5.75 Å². The number of methoxy groups -OCH3 is 1. The van der Waals surface area contributed by atoms with Gasteiger partial charge in [-0.3, -0.25) is 0 Å². The van der Waals surface area contributed by atoms with Gasteiger partial charge in [-0.15, -0.1) is 0 Å². The maximum atomic E-state index is 6.12. The van der Waals surface area contributed by atoms with Crippen LogP contribution in [0.1, 0.15) is 23.6 Å². The zero-order valence-corrected chi connectivity index (χ0v) is 10.5. The lowest BCUT2D eigenvalue weighted by molar-refractivity contribution is 0.408. The molecule has 0 bridgehead atoms. The largest absolute Gasteiger partial charge is 0.495 e. The summed E-state index contributed by atoms with van der Waals surface area (Å²) in [6, 6.07) is 2.04. The summed E-state index contributed by atoms with van der Waals surface area (Å²) in [6.45, 7) is 6.10. The number of rotatable bonds is 3. The van der Waals surface area contributed by atoms with Crippen molar-refractivity contribution in [2.24, 2.45) is 5.73 Å². The smallest absolute Gasteiger partial charge is 0.140 e. The molecule has 1 unspecified atom stereocenters. The van der Waals surface area contributed by atoms with E-state index >= 15 is 0 Å². The van der Waals surface area contributed by atoms with Crippen LogP contribution >= 0.6 is 11.6 Å². The molecule has 1 rings (SSSR count). The molecule has 0 radical (unpaired) electrons. The lowest BCUT2D eigenvalue weighted by atomic mass is 9.97. The molecular formula is C12H18ClNO. The number of hydrogen-bond acceptors (Lipinski definition) is 2. The molecule has 15 heavy (non-hydrogen) atoms. The summed E-state index contributed by atoms with van der Waals surface area (Å²) in [5, 5.41) is 0.663. The predicted molar refractivity (Wildman–Crippen MR) is 64.8 cm³/mol. The normalized spacial score (nSPS) is 12.7. The molecule has 1 atom stereocenters. The van der Waals surface area contributed by atoms with Gasteiger partial charge in [0, 0.05) is 11.6 Å². The van der Waals surface area contributed by atoms with E-state index in [9.17, 15) is 0 Å². The SMILES string of the molecule is COc1c(Cl)cc(C)c(C)c1CC(C)N. The van der Waals surface area contributed by atoms with E-state index in [4.69, 9.17) is 22.1 Å². The lowest BCUT2D eigenvalue weighted by Crippen LogP contribution is -2.19. The van der Waals surface area contributed by atoms with Gasteiger partial charge in [0.2, 0.25) is 0 Å². The molecular weight excluding hydrogens is 210 g/mol. The summed E-state index contributed by atoms with van der Waals surface area (Å²) in [5.74, 6) is 0.761. The zero-order chi connectivity index (χ0) is 11.6. The first-order valence-electron chi connectivity index (χ1n) is 5.05. The third-order valence-electron chi connectivity index (χ3n) is 2.61. The van der Waals surface area contributed by atoms with Crippen molar-refractivity contribution in [3.63, 3.8) is 0 Å². The van der Waals surface area contributed by atoms with Gasteiger partial charge in [-0.2, -0.15) is 0 Å². The molecule has 0 saturated carbocycles. The van der Waals surface area contributed by atoms with Gasteiger partial charge in [0.25, 0.3) is 0 Å². The molecule has 0 aliphatic carbocycles. The molecule has 84 valence electrons. The Bertz CT molecular complexity index is 361. The Balaban J connectivity index is 3.30. The van der Waals surface area contributed by atoms with Gasteiger partial charge < -0.3 is 10.5 Å². The van der Waals surface area contributed by atoms with Crippen molar-refractivity contribution in [2.45, 2.75) is 33.2 Å². The second kappa shape index (κ2) is 4.86. The molecule has 1 aromatic carbocycles. The van der Waals surface area contributed by atoms with Crippen LogP contribution in [0.3, 0.4) is 0 Å². The highest BCUT2D eigenvalue weighted by Crippen LogP contribution is 2.33. The van der Waals surface area contributed by atoms with Crippen molar-refractivity contribution in [2.75, 3.05) is 7.11 Å². The topological polar surface area (TPSA) is 35.2 Å². The number of benzene rings is 1. The quantitative estimate of drug-likeness (QED) is 0.862. The maximum absolute atomic E-state index is 6.12. The van der Waals surface area contributed by atoms with E-state index in [2.05, 4.69) is 6.92 Å². The number of aryl methyl sites for hydroxylation is 1. The molecule has 0 aromatic heterocycles. The highest BCUT2D eigenvalue weighted by molar-refractivity contribution is 6.32. The van der Waals surface area contributed by atoms with Crippen molar-refractivity contribution >= 4 is 11.6 Å². The third-order valence-corrected chi connectivity index (χ3v) is 2.89. The molecule has 0 aliphatic rings. The minimum Gasteiger partial charge on any atom is -0.495 e. The van der Waals surface area contributed by atoms with Gasteiger partial charge in [-0.05, 0) is 44.4 Å². The van der Waals surface area contributed by atoms with E-state index in [1.54, 1.807) is 7.11 Å². The van der Waals surface area contributed by atoms with Crippen LogP contribution in [0.25, 0.3) is 0 Å². The molecule has 0 aliphatic heterocycles. The molecule has 0 saturated heterocycles. The van der Waals surface area contributed by atoms with Crippen LogP contribution in [-0.2, 0) is 6.42 Å². The number of ether oxygens (including phenoxy) is 1. The number of nitrogens with two attached hydrogens (primary N) is 1. The van der Waals surface area contributed by atoms with Gasteiger partial charge in [-0.25, -0.2) is 0 Å². The Labute approximate surface area is 96.4 Å². The summed E-state index contributed by atoms with van der Waals surface area (Å²) >= 11 is 6.12. The van der Waals surface area contributed by atoms with Crippen LogP contribution in [0.15, 0.2) is 6.07 Å². The van der Waals surface area contributed by atoms with Crippen molar-refractivity contribution in [3.8, 4) is 5.75 Å². The standard InChI is InChI=1S/C12H18ClNO/c1-7-5-11(13)12(15-4)10(9(7)3)6-8(2)14/h5,8H,6,14H2,1-4H3. The minimum atomic E-state index is 0.107. The first kappa shape index (κ1) is 12.3.